The second kappa shape index (κ2) is 6.18. The van der Waals surface area contributed by atoms with E-state index in [9.17, 15) is 8.42 Å². The minimum Gasteiger partial charge on any atom is -0.254 e. The third kappa shape index (κ3) is 4.49. The molecule has 1 rings (SSSR count). The van der Waals surface area contributed by atoms with Crippen LogP contribution in [-0.2, 0) is 10.2 Å². The molecule has 0 aliphatic rings. The summed E-state index contributed by atoms with van der Waals surface area (Å²) in [6, 6.07) is 4.77. The maximum atomic E-state index is 11.8. The summed E-state index contributed by atoms with van der Waals surface area (Å²) in [7, 11) is -2.01. The van der Waals surface area contributed by atoms with Crippen molar-refractivity contribution in [2.24, 2.45) is 0 Å². The van der Waals surface area contributed by atoms with Crippen molar-refractivity contribution >= 4 is 27.6 Å². The maximum Gasteiger partial charge on any atom is 0.302 e. The Labute approximate surface area is 107 Å². The van der Waals surface area contributed by atoms with Gasteiger partial charge in [0.15, 0.2) is 0 Å². The summed E-state index contributed by atoms with van der Waals surface area (Å²) in [5.74, 6) is 0.223. The van der Waals surface area contributed by atoms with Crippen LogP contribution in [0.1, 0.15) is 19.8 Å². The predicted molar refractivity (Wildman–Crippen MR) is 69.3 cm³/mol. The van der Waals surface area contributed by atoms with Crippen LogP contribution in [0.25, 0.3) is 0 Å². The minimum atomic E-state index is -3.54. The first-order valence-electron chi connectivity index (χ1n) is 5.32. The SMILES string of the molecule is CCCCN(C)S(=O)(=O)Nc1cccc(Cl)n1. The number of nitrogens with one attached hydrogen (secondary N) is 1. The Morgan fingerprint density at radius 2 is 2.18 bits per heavy atom. The lowest BCUT2D eigenvalue weighted by Crippen LogP contribution is -2.33. The molecule has 1 N–H and O–H groups in total. The Morgan fingerprint density at radius 3 is 2.76 bits per heavy atom. The van der Waals surface area contributed by atoms with Crippen molar-refractivity contribution in [1.82, 2.24) is 9.29 Å². The molecule has 7 heteroatoms. The van der Waals surface area contributed by atoms with E-state index < -0.39 is 10.2 Å². The van der Waals surface area contributed by atoms with E-state index in [1.54, 1.807) is 18.2 Å². The van der Waals surface area contributed by atoms with Gasteiger partial charge < -0.3 is 0 Å². The normalized spacial score (nSPS) is 11.8. The summed E-state index contributed by atoms with van der Waals surface area (Å²) in [5, 5.41) is 0.251. The van der Waals surface area contributed by atoms with Gasteiger partial charge in [-0.1, -0.05) is 31.0 Å². The highest BCUT2D eigenvalue weighted by molar-refractivity contribution is 7.90. The number of halogens is 1. The van der Waals surface area contributed by atoms with Gasteiger partial charge in [-0.3, -0.25) is 4.72 Å². The highest BCUT2D eigenvalue weighted by Gasteiger charge is 2.17. The second-order valence-electron chi connectivity index (χ2n) is 3.63. The van der Waals surface area contributed by atoms with Crippen molar-refractivity contribution in [1.29, 1.82) is 0 Å². The Morgan fingerprint density at radius 1 is 1.47 bits per heavy atom. The molecule has 0 aliphatic heterocycles. The average molecular weight is 278 g/mol. The van der Waals surface area contributed by atoms with E-state index in [2.05, 4.69) is 9.71 Å². The van der Waals surface area contributed by atoms with E-state index >= 15 is 0 Å². The topological polar surface area (TPSA) is 62.3 Å². The van der Waals surface area contributed by atoms with Crippen molar-refractivity contribution in [3.63, 3.8) is 0 Å². The number of anilines is 1. The van der Waals surface area contributed by atoms with E-state index in [0.29, 0.717) is 6.54 Å². The van der Waals surface area contributed by atoms with Crippen molar-refractivity contribution in [3.8, 4) is 0 Å². The number of nitrogens with zero attached hydrogens (tertiary/aromatic N) is 2. The van der Waals surface area contributed by atoms with E-state index in [1.807, 2.05) is 6.92 Å². The summed E-state index contributed by atoms with van der Waals surface area (Å²) >= 11 is 5.68. The molecule has 0 saturated heterocycles. The molecule has 96 valence electrons. The zero-order chi connectivity index (χ0) is 12.9. The molecule has 1 heterocycles. The van der Waals surface area contributed by atoms with Gasteiger partial charge in [-0.25, -0.2) is 4.98 Å². The molecule has 1 aromatic heterocycles. The van der Waals surface area contributed by atoms with Gasteiger partial charge in [0, 0.05) is 13.6 Å². The molecule has 0 aromatic carbocycles. The lowest BCUT2D eigenvalue weighted by Gasteiger charge is -2.17. The number of hydrogen-bond donors (Lipinski definition) is 1. The quantitative estimate of drug-likeness (QED) is 0.810. The second-order valence-corrected chi connectivity index (χ2v) is 5.79. The fourth-order valence-corrected chi connectivity index (χ4v) is 2.24. The molecular formula is C10H16ClN3O2S. The average Bonchev–Trinajstić information content (AvgIpc) is 2.25. The highest BCUT2D eigenvalue weighted by Crippen LogP contribution is 2.12. The molecule has 17 heavy (non-hydrogen) atoms. The molecular weight excluding hydrogens is 262 g/mol. The number of unbranched alkanes of at least 4 members (excludes halogenated alkanes) is 1. The van der Waals surface area contributed by atoms with Crippen LogP contribution in [0.4, 0.5) is 5.82 Å². The number of hydrogen-bond acceptors (Lipinski definition) is 3. The van der Waals surface area contributed by atoms with Crippen molar-refractivity contribution in [2.45, 2.75) is 19.8 Å². The van der Waals surface area contributed by atoms with E-state index in [1.165, 1.54) is 11.4 Å². The van der Waals surface area contributed by atoms with Crippen LogP contribution in [-0.4, -0.2) is 31.3 Å². The van der Waals surface area contributed by atoms with Gasteiger partial charge in [0.05, 0.1) is 0 Å². The molecule has 0 amide bonds. The van der Waals surface area contributed by atoms with Gasteiger partial charge in [-0.2, -0.15) is 12.7 Å². The van der Waals surface area contributed by atoms with Crippen LogP contribution >= 0.6 is 11.6 Å². The first-order chi connectivity index (χ1) is 7.95. The smallest absolute Gasteiger partial charge is 0.254 e. The van der Waals surface area contributed by atoms with Gasteiger partial charge in [0.1, 0.15) is 11.0 Å². The minimum absolute atomic E-state index is 0.223. The third-order valence-corrected chi connectivity index (χ3v) is 3.87. The lowest BCUT2D eigenvalue weighted by atomic mass is 10.3. The molecule has 0 aliphatic carbocycles. The van der Waals surface area contributed by atoms with E-state index in [-0.39, 0.29) is 11.0 Å². The van der Waals surface area contributed by atoms with Gasteiger partial charge in [0.2, 0.25) is 0 Å². The molecule has 0 bridgehead atoms. The van der Waals surface area contributed by atoms with Gasteiger partial charge >= 0.3 is 10.2 Å². The summed E-state index contributed by atoms with van der Waals surface area (Å²) in [6.07, 6.45) is 1.76. The Balaban J connectivity index is 2.72. The standard InChI is InChI=1S/C10H16ClN3O2S/c1-3-4-8-14(2)17(15,16)13-10-7-5-6-9(11)12-10/h5-7H,3-4,8H2,1-2H3,(H,12,13). The fraction of sp³-hybridized carbons (Fsp3) is 0.500. The van der Waals surface area contributed by atoms with E-state index in [4.69, 9.17) is 11.6 Å². The van der Waals surface area contributed by atoms with Gasteiger partial charge in [-0.05, 0) is 18.6 Å². The van der Waals surface area contributed by atoms with Crippen molar-refractivity contribution in [3.05, 3.63) is 23.4 Å². The molecule has 5 nitrogen and oxygen atoms in total. The monoisotopic (exact) mass is 277 g/mol. The van der Waals surface area contributed by atoms with Crippen molar-refractivity contribution < 1.29 is 8.42 Å². The zero-order valence-electron chi connectivity index (χ0n) is 9.85. The van der Waals surface area contributed by atoms with Crippen LogP contribution in [0.5, 0.6) is 0 Å². The maximum absolute atomic E-state index is 11.8. The highest BCUT2D eigenvalue weighted by atomic mass is 35.5. The number of pyridine rings is 1. The molecule has 0 spiro atoms. The van der Waals surface area contributed by atoms with Crippen LogP contribution < -0.4 is 4.72 Å². The Kier molecular flexibility index (Phi) is 5.17. The summed E-state index contributed by atoms with van der Waals surface area (Å²) in [4.78, 5) is 3.87. The number of aromatic nitrogens is 1. The molecule has 0 radical (unpaired) electrons. The Bertz CT molecular complexity index is 464. The molecule has 0 saturated carbocycles. The van der Waals surface area contributed by atoms with Crippen LogP contribution in [0.15, 0.2) is 18.2 Å². The predicted octanol–water partition coefficient (Wildman–Crippen LogP) is 2.12. The molecule has 0 atom stereocenters. The largest absolute Gasteiger partial charge is 0.302 e. The summed E-state index contributed by atoms with van der Waals surface area (Å²) in [5.41, 5.74) is 0. The van der Waals surface area contributed by atoms with Crippen LogP contribution in [0, 0.1) is 0 Å². The van der Waals surface area contributed by atoms with Crippen LogP contribution in [0.2, 0.25) is 5.15 Å². The first kappa shape index (κ1) is 14.2. The summed E-state index contributed by atoms with van der Waals surface area (Å²) < 4.78 is 27.3. The third-order valence-electron chi connectivity index (χ3n) is 2.19. The van der Waals surface area contributed by atoms with Crippen molar-refractivity contribution in [2.75, 3.05) is 18.3 Å². The molecule has 0 unspecified atom stereocenters. The van der Waals surface area contributed by atoms with E-state index in [0.717, 1.165) is 12.8 Å². The number of rotatable bonds is 6. The van der Waals surface area contributed by atoms with Crippen LogP contribution in [0.3, 0.4) is 0 Å². The summed E-state index contributed by atoms with van der Waals surface area (Å²) in [6.45, 7) is 2.48. The first-order valence-corrected chi connectivity index (χ1v) is 7.14. The van der Waals surface area contributed by atoms with Gasteiger partial charge in [0.25, 0.3) is 0 Å². The lowest BCUT2D eigenvalue weighted by molar-refractivity contribution is 0.463. The van der Waals surface area contributed by atoms with Gasteiger partial charge in [-0.15, -0.1) is 0 Å². The Hall–Kier alpha value is -0.850. The fourth-order valence-electron chi connectivity index (χ4n) is 1.18. The zero-order valence-corrected chi connectivity index (χ0v) is 11.4. The molecule has 0 fully saturated rings. The molecule has 1 aromatic rings.